The Bertz CT molecular complexity index is 1010. The van der Waals surface area contributed by atoms with E-state index in [1.807, 2.05) is 30.3 Å². The molecule has 0 aromatic heterocycles. The lowest BCUT2D eigenvalue weighted by Gasteiger charge is -2.22. The van der Waals surface area contributed by atoms with Crippen molar-refractivity contribution < 1.29 is 23.9 Å². The molecule has 194 valence electrons. The van der Waals surface area contributed by atoms with E-state index in [0.29, 0.717) is 12.1 Å². The minimum atomic E-state index is -1.03. The second kappa shape index (κ2) is 14.5. The van der Waals surface area contributed by atoms with Crippen LogP contribution in [0.25, 0.3) is 0 Å². The van der Waals surface area contributed by atoms with Crippen molar-refractivity contribution >= 4 is 45.3 Å². The Morgan fingerprint density at radius 2 is 1.53 bits per heavy atom. The summed E-state index contributed by atoms with van der Waals surface area (Å²) in [6, 6.07) is 16.9. The van der Waals surface area contributed by atoms with E-state index < -0.39 is 35.8 Å². The molecule has 0 bridgehead atoms. The van der Waals surface area contributed by atoms with Gasteiger partial charge in [-0.05, 0) is 24.6 Å². The van der Waals surface area contributed by atoms with Crippen molar-refractivity contribution in [1.29, 1.82) is 0 Å². The normalized spacial score (nSPS) is 12.7. The molecule has 0 spiro atoms. The summed E-state index contributed by atoms with van der Waals surface area (Å²) in [4.78, 5) is 49.8. The van der Waals surface area contributed by atoms with Crippen molar-refractivity contribution in [2.24, 2.45) is 0 Å². The molecule has 0 heterocycles. The van der Waals surface area contributed by atoms with Gasteiger partial charge in [-0.25, -0.2) is 4.79 Å². The summed E-state index contributed by atoms with van der Waals surface area (Å²) in [7, 11) is 3.02. The summed E-state index contributed by atoms with van der Waals surface area (Å²) in [5.41, 5.74) is 1.35. The Hall–Kier alpha value is -2.98. The molecule has 2 rings (SSSR count). The number of amides is 3. The smallest absolute Gasteiger partial charge is 0.329 e. The summed E-state index contributed by atoms with van der Waals surface area (Å²) in [5.74, 6) is -1.85. The van der Waals surface area contributed by atoms with Crippen molar-refractivity contribution in [3.05, 3.63) is 71.8 Å². The van der Waals surface area contributed by atoms with Gasteiger partial charge in [-0.2, -0.15) is 0 Å². The molecule has 0 aliphatic rings. The molecule has 0 saturated heterocycles. The van der Waals surface area contributed by atoms with Crippen LogP contribution in [0.4, 0.5) is 0 Å². The van der Waals surface area contributed by atoms with Crippen molar-refractivity contribution in [2.75, 3.05) is 12.3 Å². The maximum Gasteiger partial charge on any atom is 0.329 e. The number of nitrogens with one attached hydrogen (secondary N) is 3. The molecule has 0 fully saturated rings. The van der Waals surface area contributed by atoms with Crippen LogP contribution in [0.2, 0.25) is 0 Å². The maximum atomic E-state index is 12.8. The SMILES string of the molecule is C[C@H](NC(=O)CNC(=O)c1ccccc1)C(=O)OC(CSSC(C)(C)C)C(=O)NCc1ccccc1. The number of ether oxygens (including phenoxy) is 1. The van der Waals surface area contributed by atoms with E-state index in [1.165, 1.54) is 17.7 Å². The Morgan fingerprint density at radius 3 is 2.14 bits per heavy atom. The number of hydrogen-bond acceptors (Lipinski definition) is 7. The van der Waals surface area contributed by atoms with E-state index in [4.69, 9.17) is 4.74 Å². The predicted molar refractivity (Wildman–Crippen MR) is 144 cm³/mol. The Kier molecular flexibility index (Phi) is 11.8. The second-order valence-electron chi connectivity index (χ2n) is 8.95. The zero-order chi connectivity index (χ0) is 26.6. The standard InChI is InChI=1S/C26H33N3O5S2/c1-18(29-22(30)16-28-23(31)20-13-9-6-10-14-20)25(33)34-21(17-35-36-26(2,3)4)24(32)27-15-19-11-7-5-8-12-19/h5-14,18,21H,15-17H2,1-4H3,(H,27,32)(H,28,31)(H,29,30)/t18-,21?/m0/s1. The lowest BCUT2D eigenvalue weighted by atomic mass is 10.2. The third-order valence-electron chi connectivity index (χ3n) is 4.57. The molecule has 3 N–H and O–H groups in total. The topological polar surface area (TPSA) is 114 Å². The van der Waals surface area contributed by atoms with E-state index in [1.54, 1.807) is 41.1 Å². The van der Waals surface area contributed by atoms with Crippen LogP contribution in [0.3, 0.4) is 0 Å². The summed E-state index contributed by atoms with van der Waals surface area (Å²) in [6.07, 6.45) is -1.03. The zero-order valence-electron chi connectivity index (χ0n) is 20.9. The fourth-order valence-corrected chi connectivity index (χ4v) is 5.18. The van der Waals surface area contributed by atoms with Gasteiger partial charge in [0.05, 0.1) is 12.3 Å². The molecule has 10 heteroatoms. The summed E-state index contributed by atoms with van der Waals surface area (Å²) in [6.45, 7) is 7.62. The Labute approximate surface area is 220 Å². The summed E-state index contributed by atoms with van der Waals surface area (Å²) in [5, 5.41) is 7.81. The van der Waals surface area contributed by atoms with Gasteiger partial charge in [-0.15, -0.1) is 0 Å². The van der Waals surface area contributed by atoms with Crippen LogP contribution in [-0.4, -0.2) is 52.9 Å². The highest BCUT2D eigenvalue weighted by Gasteiger charge is 2.27. The van der Waals surface area contributed by atoms with E-state index >= 15 is 0 Å². The molecule has 1 unspecified atom stereocenters. The van der Waals surface area contributed by atoms with Gasteiger partial charge < -0.3 is 20.7 Å². The number of hydrogen-bond donors (Lipinski definition) is 3. The fraction of sp³-hybridized carbons (Fsp3) is 0.385. The molecule has 2 aromatic rings. The molecule has 0 aliphatic carbocycles. The number of carbonyl (C=O) groups excluding carboxylic acids is 4. The molecule has 36 heavy (non-hydrogen) atoms. The molecule has 0 radical (unpaired) electrons. The van der Waals surface area contributed by atoms with Crippen LogP contribution in [-0.2, 0) is 25.7 Å². The average molecular weight is 532 g/mol. The largest absolute Gasteiger partial charge is 0.450 e. The minimum absolute atomic E-state index is 0.0365. The zero-order valence-corrected chi connectivity index (χ0v) is 22.5. The van der Waals surface area contributed by atoms with Gasteiger partial charge in [0, 0.05) is 16.9 Å². The Morgan fingerprint density at radius 1 is 0.917 bits per heavy atom. The van der Waals surface area contributed by atoms with Gasteiger partial charge in [0.15, 0.2) is 6.10 Å². The Balaban J connectivity index is 1.89. The number of benzene rings is 2. The number of esters is 1. The summed E-state index contributed by atoms with van der Waals surface area (Å²) >= 11 is 0. The number of carbonyl (C=O) groups is 4. The van der Waals surface area contributed by atoms with Crippen molar-refractivity contribution in [3.8, 4) is 0 Å². The first-order valence-electron chi connectivity index (χ1n) is 11.5. The van der Waals surface area contributed by atoms with Crippen LogP contribution >= 0.6 is 21.6 Å². The highest BCUT2D eigenvalue weighted by atomic mass is 33.1. The highest BCUT2D eigenvalue weighted by molar-refractivity contribution is 8.77. The molecule has 2 atom stereocenters. The molecular weight excluding hydrogens is 498 g/mol. The van der Waals surface area contributed by atoms with E-state index in [9.17, 15) is 19.2 Å². The third-order valence-corrected chi connectivity index (χ3v) is 7.88. The van der Waals surface area contributed by atoms with Crippen LogP contribution < -0.4 is 16.0 Å². The highest BCUT2D eigenvalue weighted by Crippen LogP contribution is 2.35. The second-order valence-corrected chi connectivity index (χ2v) is 12.1. The van der Waals surface area contributed by atoms with Crippen molar-refractivity contribution in [3.63, 3.8) is 0 Å². The maximum absolute atomic E-state index is 12.8. The van der Waals surface area contributed by atoms with E-state index in [0.717, 1.165) is 5.56 Å². The first-order valence-corrected chi connectivity index (χ1v) is 13.8. The van der Waals surface area contributed by atoms with E-state index in [2.05, 4.69) is 36.7 Å². The predicted octanol–water partition coefficient (Wildman–Crippen LogP) is 3.33. The summed E-state index contributed by atoms with van der Waals surface area (Å²) < 4.78 is 5.45. The first-order chi connectivity index (χ1) is 17.0. The lowest BCUT2D eigenvalue weighted by Crippen LogP contribution is -2.47. The van der Waals surface area contributed by atoms with Crippen LogP contribution in [0, 0.1) is 0 Å². The molecule has 8 nitrogen and oxygen atoms in total. The fourth-order valence-electron chi connectivity index (χ4n) is 2.78. The lowest BCUT2D eigenvalue weighted by molar-refractivity contribution is -0.156. The molecule has 0 saturated carbocycles. The molecule has 0 aliphatic heterocycles. The van der Waals surface area contributed by atoms with Gasteiger partial charge in [0.1, 0.15) is 6.04 Å². The molecule has 2 aromatic carbocycles. The van der Waals surface area contributed by atoms with Crippen molar-refractivity contribution in [1.82, 2.24) is 16.0 Å². The van der Waals surface area contributed by atoms with Gasteiger partial charge in [0.25, 0.3) is 11.8 Å². The quantitative estimate of drug-likeness (QED) is 0.284. The van der Waals surface area contributed by atoms with Crippen LogP contribution in [0.1, 0.15) is 43.6 Å². The van der Waals surface area contributed by atoms with Gasteiger partial charge in [-0.1, -0.05) is 90.9 Å². The first kappa shape index (κ1) is 29.3. The van der Waals surface area contributed by atoms with Gasteiger partial charge in [-0.3, -0.25) is 14.4 Å². The van der Waals surface area contributed by atoms with Gasteiger partial charge >= 0.3 is 5.97 Å². The minimum Gasteiger partial charge on any atom is -0.450 e. The number of rotatable bonds is 12. The average Bonchev–Trinajstić information content (AvgIpc) is 2.85. The third kappa shape index (κ3) is 11.2. The molecule has 3 amide bonds. The van der Waals surface area contributed by atoms with E-state index in [-0.39, 0.29) is 17.0 Å². The monoisotopic (exact) mass is 531 g/mol. The van der Waals surface area contributed by atoms with Crippen molar-refractivity contribution in [2.45, 2.75) is 51.1 Å². The molecular formula is C26H33N3O5S2. The van der Waals surface area contributed by atoms with Gasteiger partial charge in [0.2, 0.25) is 5.91 Å². The van der Waals surface area contributed by atoms with Crippen LogP contribution in [0.5, 0.6) is 0 Å². The van der Waals surface area contributed by atoms with Crippen LogP contribution in [0.15, 0.2) is 60.7 Å².